The lowest BCUT2D eigenvalue weighted by Gasteiger charge is -1.98. The summed E-state index contributed by atoms with van der Waals surface area (Å²) in [6.45, 7) is 0. The van der Waals surface area contributed by atoms with E-state index in [4.69, 9.17) is 0 Å². The van der Waals surface area contributed by atoms with E-state index >= 15 is 0 Å². The Morgan fingerprint density at radius 3 is 2.29 bits per heavy atom. The molecule has 28 heavy (non-hydrogen) atoms. The fourth-order valence-corrected chi connectivity index (χ4v) is 6.12. The van der Waals surface area contributed by atoms with Gasteiger partial charge in [-0.2, -0.15) is 0 Å². The monoisotopic (exact) mass is 376 g/mol. The second-order valence-electron chi connectivity index (χ2n) is 7.55. The Labute approximate surface area is 164 Å². The van der Waals surface area contributed by atoms with E-state index in [1.165, 1.54) is 63.8 Å². The predicted octanol–water partition coefficient (Wildman–Crippen LogP) is 7.33. The summed E-state index contributed by atoms with van der Waals surface area (Å²) in [5.74, 6) is 0. The molecule has 4 aromatic carbocycles. The van der Waals surface area contributed by atoms with E-state index < -0.39 is 0 Å². The average Bonchev–Trinajstić information content (AvgIpc) is 3.38. The zero-order chi connectivity index (χ0) is 18.4. The van der Waals surface area contributed by atoms with Crippen LogP contribution < -0.4 is 0 Å². The number of aromatic nitrogens is 2. The number of H-pyrrole nitrogens is 1. The first-order chi connectivity index (χ1) is 13.8. The molecule has 7 rings (SSSR count). The summed E-state index contributed by atoms with van der Waals surface area (Å²) in [5.41, 5.74) is 5.01. The molecule has 3 aromatic heterocycles. The molecule has 0 saturated carbocycles. The Bertz CT molecular complexity index is 1600. The van der Waals surface area contributed by atoms with Crippen LogP contribution in [0.15, 0.2) is 72.8 Å². The molecule has 1 N–H and O–H groups in total. The third-order valence-corrected chi connectivity index (χ3v) is 7.36. The van der Waals surface area contributed by atoms with Crippen LogP contribution in [0.1, 0.15) is 0 Å². The number of nitrogens with zero attached hydrogens (tertiary/aromatic N) is 1. The summed E-state index contributed by atoms with van der Waals surface area (Å²) in [4.78, 5) is 3.72. The van der Waals surface area contributed by atoms with Gasteiger partial charge in [0.15, 0.2) is 0 Å². The Kier molecular flexibility index (Phi) is 2.60. The highest BCUT2D eigenvalue weighted by molar-refractivity contribution is 7.26. The molecule has 0 atom stereocenters. The maximum absolute atomic E-state index is 3.72. The maximum atomic E-state index is 3.72. The Morgan fingerprint density at radius 1 is 0.679 bits per heavy atom. The van der Waals surface area contributed by atoms with Gasteiger partial charge in [-0.3, -0.25) is 0 Å². The number of fused-ring (bicyclic) bond motifs is 11. The highest BCUT2D eigenvalue weighted by atomic mass is 32.1. The number of aryl methyl sites for hydroxylation is 1. The van der Waals surface area contributed by atoms with E-state index in [0.717, 1.165) is 0 Å². The zero-order valence-corrected chi connectivity index (χ0v) is 16.1. The molecule has 0 bridgehead atoms. The van der Waals surface area contributed by atoms with Crippen molar-refractivity contribution < 1.29 is 0 Å². The molecule has 3 heteroatoms. The Morgan fingerprint density at radius 2 is 1.39 bits per heavy atom. The molecule has 0 spiro atoms. The van der Waals surface area contributed by atoms with Gasteiger partial charge >= 0.3 is 0 Å². The lowest BCUT2D eigenvalue weighted by Crippen LogP contribution is -1.85. The largest absolute Gasteiger partial charge is 0.354 e. The maximum Gasteiger partial charge on any atom is 0.0567 e. The minimum Gasteiger partial charge on any atom is -0.354 e. The van der Waals surface area contributed by atoms with Crippen LogP contribution in [0.2, 0.25) is 0 Å². The van der Waals surface area contributed by atoms with Crippen molar-refractivity contribution in [2.75, 3.05) is 0 Å². The summed E-state index contributed by atoms with van der Waals surface area (Å²) < 4.78 is 5.07. The second-order valence-corrected chi connectivity index (χ2v) is 8.60. The van der Waals surface area contributed by atoms with Crippen LogP contribution in [-0.4, -0.2) is 9.55 Å². The summed E-state index contributed by atoms with van der Waals surface area (Å²) >= 11 is 1.91. The summed E-state index contributed by atoms with van der Waals surface area (Å²) in [6, 6.07) is 26.4. The van der Waals surface area contributed by atoms with Crippen LogP contribution in [-0.2, 0) is 7.05 Å². The van der Waals surface area contributed by atoms with E-state index in [1.807, 2.05) is 11.3 Å². The first kappa shape index (κ1) is 14.7. The number of para-hydroxylation sites is 1. The van der Waals surface area contributed by atoms with Gasteiger partial charge in [0.25, 0.3) is 0 Å². The molecule has 0 unspecified atom stereocenters. The first-order valence-electron chi connectivity index (χ1n) is 9.53. The van der Waals surface area contributed by atoms with Crippen molar-refractivity contribution in [1.82, 2.24) is 9.55 Å². The third kappa shape index (κ3) is 1.64. The fourth-order valence-electron chi connectivity index (χ4n) is 4.87. The minimum absolute atomic E-state index is 1.20. The minimum atomic E-state index is 1.20. The molecule has 7 aromatic rings. The SMILES string of the molecule is Cn1c2ccc3c4ccccc4[nH]c3c2c2c3sc4ccccc4c3ccc21. The van der Waals surface area contributed by atoms with Crippen LogP contribution in [0, 0.1) is 0 Å². The van der Waals surface area contributed by atoms with Gasteiger partial charge in [-0.25, -0.2) is 0 Å². The van der Waals surface area contributed by atoms with Gasteiger partial charge in [0.2, 0.25) is 0 Å². The van der Waals surface area contributed by atoms with Gasteiger partial charge in [-0.05, 0) is 24.3 Å². The smallest absolute Gasteiger partial charge is 0.0567 e. The van der Waals surface area contributed by atoms with Gasteiger partial charge in [0.1, 0.15) is 0 Å². The number of aromatic amines is 1. The molecule has 0 radical (unpaired) electrons. The van der Waals surface area contributed by atoms with Crippen molar-refractivity contribution in [3.05, 3.63) is 72.8 Å². The van der Waals surface area contributed by atoms with Gasteiger partial charge in [0, 0.05) is 54.3 Å². The molecular weight excluding hydrogens is 360 g/mol. The van der Waals surface area contributed by atoms with Gasteiger partial charge in [0.05, 0.1) is 16.6 Å². The lowest BCUT2D eigenvalue weighted by atomic mass is 10.1. The molecule has 0 aliphatic rings. The number of nitrogens with one attached hydrogen (secondary N) is 1. The summed E-state index contributed by atoms with van der Waals surface area (Å²) in [7, 11) is 2.18. The summed E-state index contributed by atoms with van der Waals surface area (Å²) in [5, 5.41) is 8.00. The third-order valence-electron chi connectivity index (χ3n) is 6.16. The normalized spacial score (nSPS) is 12.5. The standard InChI is InChI=1S/C25H16N2S/c1-27-19-12-10-16-14-6-2-4-8-18(14)26-24(16)22(19)23-20(27)13-11-17-15-7-3-5-9-21(15)28-25(17)23/h2-13,26H,1H3. The van der Waals surface area contributed by atoms with Crippen molar-refractivity contribution in [3.8, 4) is 0 Å². The van der Waals surface area contributed by atoms with Crippen molar-refractivity contribution in [1.29, 1.82) is 0 Å². The predicted molar refractivity (Wildman–Crippen MR) is 123 cm³/mol. The highest BCUT2D eigenvalue weighted by Gasteiger charge is 2.18. The summed E-state index contributed by atoms with van der Waals surface area (Å²) in [6.07, 6.45) is 0. The van der Waals surface area contributed by atoms with Gasteiger partial charge < -0.3 is 9.55 Å². The van der Waals surface area contributed by atoms with Gasteiger partial charge in [-0.15, -0.1) is 11.3 Å². The quantitative estimate of drug-likeness (QED) is 0.286. The Hall–Kier alpha value is -3.30. The molecular formula is C25H16N2S. The van der Waals surface area contributed by atoms with Crippen LogP contribution in [0.25, 0.3) is 63.8 Å². The molecule has 2 nitrogen and oxygen atoms in total. The van der Waals surface area contributed by atoms with Crippen molar-refractivity contribution in [2.45, 2.75) is 0 Å². The number of thiophene rings is 1. The lowest BCUT2D eigenvalue weighted by molar-refractivity contribution is 1.02. The fraction of sp³-hybridized carbons (Fsp3) is 0.0400. The van der Waals surface area contributed by atoms with Crippen LogP contribution >= 0.6 is 11.3 Å². The second kappa shape index (κ2) is 4.94. The van der Waals surface area contributed by atoms with E-state index in [0.29, 0.717) is 0 Å². The van der Waals surface area contributed by atoms with Crippen LogP contribution in [0.5, 0.6) is 0 Å². The van der Waals surface area contributed by atoms with E-state index in [1.54, 1.807) is 0 Å². The van der Waals surface area contributed by atoms with E-state index in [2.05, 4.69) is 89.4 Å². The van der Waals surface area contributed by atoms with Gasteiger partial charge in [-0.1, -0.05) is 48.5 Å². The van der Waals surface area contributed by atoms with Crippen LogP contribution in [0.4, 0.5) is 0 Å². The first-order valence-corrected chi connectivity index (χ1v) is 10.3. The van der Waals surface area contributed by atoms with E-state index in [9.17, 15) is 0 Å². The molecule has 0 aliphatic carbocycles. The number of hydrogen-bond donors (Lipinski definition) is 1. The molecule has 0 amide bonds. The molecule has 0 fully saturated rings. The molecule has 3 heterocycles. The molecule has 0 saturated heterocycles. The number of benzene rings is 4. The van der Waals surface area contributed by atoms with Crippen molar-refractivity contribution in [3.63, 3.8) is 0 Å². The van der Waals surface area contributed by atoms with Crippen molar-refractivity contribution in [2.24, 2.45) is 7.05 Å². The molecule has 132 valence electrons. The number of hydrogen-bond acceptors (Lipinski definition) is 1. The average molecular weight is 376 g/mol. The zero-order valence-electron chi connectivity index (χ0n) is 15.3. The Balaban J connectivity index is 1.83. The van der Waals surface area contributed by atoms with Crippen LogP contribution in [0.3, 0.4) is 0 Å². The highest BCUT2D eigenvalue weighted by Crippen LogP contribution is 2.44. The number of rotatable bonds is 0. The topological polar surface area (TPSA) is 20.7 Å². The van der Waals surface area contributed by atoms with Crippen molar-refractivity contribution >= 4 is 75.1 Å². The molecule has 0 aliphatic heterocycles. The van der Waals surface area contributed by atoms with E-state index in [-0.39, 0.29) is 0 Å².